The summed E-state index contributed by atoms with van der Waals surface area (Å²) in [5.41, 5.74) is -0.381. The molecule has 4 heterocycles. The molecule has 1 aromatic heterocycles. The van der Waals surface area contributed by atoms with E-state index in [0.717, 1.165) is 63.9 Å². The highest BCUT2D eigenvalue weighted by atomic mass is 16.6. The van der Waals surface area contributed by atoms with Gasteiger partial charge in [-0.15, -0.1) is 0 Å². The first-order valence-electron chi connectivity index (χ1n) is 8.94. The summed E-state index contributed by atoms with van der Waals surface area (Å²) in [5.74, 6) is 1.87. The topological polar surface area (TPSA) is 69.9 Å². The van der Waals surface area contributed by atoms with Crippen LogP contribution >= 0.6 is 0 Å². The molecule has 1 atom stereocenters. The van der Waals surface area contributed by atoms with Gasteiger partial charge in [-0.2, -0.15) is 4.98 Å². The molecule has 0 amide bonds. The summed E-state index contributed by atoms with van der Waals surface area (Å²) in [4.78, 5) is 7.02. The van der Waals surface area contributed by atoms with E-state index in [9.17, 15) is 0 Å². The lowest BCUT2D eigenvalue weighted by molar-refractivity contribution is -0.197. The van der Waals surface area contributed by atoms with Gasteiger partial charge in [0.2, 0.25) is 5.89 Å². The van der Waals surface area contributed by atoms with Gasteiger partial charge in [0.1, 0.15) is 5.60 Å². The van der Waals surface area contributed by atoms with Crippen molar-refractivity contribution in [1.82, 2.24) is 15.0 Å². The number of nitrogens with zero attached hydrogens (tertiary/aromatic N) is 3. The fourth-order valence-electron chi connectivity index (χ4n) is 4.20. The van der Waals surface area contributed by atoms with Crippen LogP contribution in [0.15, 0.2) is 4.52 Å². The molecule has 3 aliphatic heterocycles. The standard InChI is InChI=1S/C17H27N3O4/c1-16(2)10-20(11-17(24-16)5-8-22-12-17)9-14-18-15(23-19-14)13-3-6-21-7-4-13/h13H,3-12H2,1-2H3. The average molecular weight is 337 g/mol. The molecule has 0 aromatic carbocycles. The zero-order chi connectivity index (χ0) is 16.6. The molecule has 1 unspecified atom stereocenters. The Morgan fingerprint density at radius 2 is 1.96 bits per heavy atom. The number of hydrogen-bond donors (Lipinski definition) is 0. The Kier molecular flexibility index (Phi) is 4.36. The summed E-state index contributed by atoms with van der Waals surface area (Å²) in [6, 6.07) is 0. The summed E-state index contributed by atoms with van der Waals surface area (Å²) in [6.45, 7) is 9.71. The molecule has 3 saturated heterocycles. The van der Waals surface area contributed by atoms with Crippen molar-refractivity contribution in [3.05, 3.63) is 11.7 Å². The van der Waals surface area contributed by atoms with E-state index in [-0.39, 0.29) is 11.2 Å². The molecule has 0 radical (unpaired) electrons. The molecular weight excluding hydrogens is 310 g/mol. The Bertz CT molecular complexity index is 562. The van der Waals surface area contributed by atoms with Crippen LogP contribution in [0.25, 0.3) is 0 Å². The second kappa shape index (κ2) is 6.37. The highest BCUT2D eigenvalue weighted by Gasteiger charge is 2.46. The summed E-state index contributed by atoms with van der Waals surface area (Å²) in [5, 5.41) is 4.21. The molecule has 0 saturated carbocycles. The quantitative estimate of drug-likeness (QED) is 0.832. The van der Waals surface area contributed by atoms with E-state index in [1.807, 2.05) is 0 Å². The number of ether oxygens (including phenoxy) is 3. The third kappa shape index (κ3) is 3.49. The van der Waals surface area contributed by atoms with E-state index >= 15 is 0 Å². The van der Waals surface area contributed by atoms with Gasteiger partial charge in [-0.05, 0) is 26.7 Å². The monoisotopic (exact) mass is 337 g/mol. The maximum atomic E-state index is 6.35. The Balaban J connectivity index is 1.43. The number of morpholine rings is 1. The van der Waals surface area contributed by atoms with E-state index in [1.54, 1.807) is 0 Å². The highest BCUT2D eigenvalue weighted by molar-refractivity contribution is 5.00. The molecule has 3 fully saturated rings. The van der Waals surface area contributed by atoms with Crippen molar-refractivity contribution in [2.24, 2.45) is 0 Å². The lowest BCUT2D eigenvalue weighted by Gasteiger charge is -2.47. The number of rotatable bonds is 3. The summed E-state index contributed by atoms with van der Waals surface area (Å²) in [6.07, 6.45) is 2.88. The van der Waals surface area contributed by atoms with Crippen LogP contribution in [0.1, 0.15) is 50.7 Å². The molecule has 7 heteroatoms. The zero-order valence-electron chi connectivity index (χ0n) is 14.6. The van der Waals surface area contributed by atoms with E-state index in [0.29, 0.717) is 19.1 Å². The molecule has 3 aliphatic rings. The summed E-state index contributed by atoms with van der Waals surface area (Å²) < 4.78 is 22.9. The van der Waals surface area contributed by atoms with Crippen molar-refractivity contribution in [3.63, 3.8) is 0 Å². The minimum atomic E-state index is -0.195. The van der Waals surface area contributed by atoms with Crippen molar-refractivity contribution in [2.75, 3.05) is 39.5 Å². The molecular formula is C17H27N3O4. The third-order valence-corrected chi connectivity index (χ3v) is 5.10. The van der Waals surface area contributed by atoms with Crippen LogP contribution in [0.4, 0.5) is 0 Å². The van der Waals surface area contributed by atoms with Crippen LogP contribution in [-0.2, 0) is 20.8 Å². The fourth-order valence-corrected chi connectivity index (χ4v) is 4.20. The van der Waals surface area contributed by atoms with Crippen LogP contribution in [-0.4, -0.2) is 65.8 Å². The molecule has 0 bridgehead atoms. The summed E-state index contributed by atoms with van der Waals surface area (Å²) in [7, 11) is 0. The second-order valence-corrected chi connectivity index (χ2v) is 7.93. The van der Waals surface area contributed by atoms with Crippen LogP contribution in [0.2, 0.25) is 0 Å². The molecule has 1 aromatic rings. The van der Waals surface area contributed by atoms with Crippen molar-refractivity contribution in [2.45, 2.75) is 56.8 Å². The van der Waals surface area contributed by atoms with Crippen LogP contribution < -0.4 is 0 Å². The first-order valence-corrected chi connectivity index (χ1v) is 8.94. The Hall–Kier alpha value is -1.02. The van der Waals surface area contributed by atoms with Gasteiger partial charge >= 0.3 is 0 Å². The Morgan fingerprint density at radius 1 is 1.12 bits per heavy atom. The molecule has 1 spiro atoms. The van der Waals surface area contributed by atoms with Crippen molar-refractivity contribution in [3.8, 4) is 0 Å². The normalized spacial score (nSPS) is 31.8. The smallest absolute Gasteiger partial charge is 0.229 e. The first kappa shape index (κ1) is 16.4. The SMILES string of the molecule is CC1(C)CN(Cc2noc(C3CCOCC3)n2)CC2(CCOC2)O1. The molecule has 24 heavy (non-hydrogen) atoms. The third-order valence-electron chi connectivity index (χ3n) is 5.10. The van der Waals surface area contributed by atoms with Gasteiger partial charge in [0.25, 0.3) is 0 Å². The van der Waals surface area contributed by atoms with Gasteiger partial charge in [0, 0.05) is 45.2 Å². The van der Waals surface area contributed by atoms with Crippen LogP contribution in [0, 0.1) is 0 Å². The van der Waals surface area contributed by atoms with E-state index < -0.39 is 0 Å². The molecule has 4 rings (SSSR count). The summed E-state index contributed by atoms with van der Waals surface area (Å²) >= 11 is 0. The number of hydrogen-bond acceptors (Lipinski definition) is 7. The maximum absolute atomic E-state index is 6.35. The molecule has 0 aliphatic carbocycles. The fraction of sp³-hybridized carbons (Fsp3) is 0.882. The van der Waals surface area contributed by atoms with Crippen molar-refractivity contribution < 1.29 is 18.7 Å². The average Bonchev–Trinajstić information content (AvgIpc) is 3.16. The van der Waals surface area contributed by atoms with E-state index in [4.69, 9.17) is 18.7 Å². The first-order chi connectivity index (χ1) is 11.5. The lowest BCUT2D eigenvalue weighted by Crippen LogP contribution is -2.59. The van der Waals surface area contributed by atoms with Gasteiger partial charge in [0.15, 0.2) is 5.82 Å². The second-order valence-electron chi connectivity index (χ2n) is 7.93. The van der Waals surface area contributed by atoms with Gasteiger partial charge in [-0.3, -0.25) is 4.90 Å². The van der Waals surface area contributed by atoms with Crippen molar-refractivity contribution >= 4 is 0 Å². The maximum Gasteiger partial charge on any atom is 0.229 e. The Labute approximate surface area is 142 Å². The van der Waals surface area contributed by atoms with Gasteiger partial charge in [-0.25, -0.2) is 0 Å². The predicted molar refractivity (Wildman–Crippen MR) is 85.7 cm³/mol. The van der Waals surface area contributed by atoms with E-state index in [2.05, 4.69) is 28.9 Å². The number of aromatic nitrogens is 2. The molecule has 134 valence electrons. The van der Waals surface area contributed by atoms with Crippen LogP contribution in [0.3, 0.4) is 0 Å². The predicted octanol–water partition coefficient (Wildman–Crippen LogP) is 1.73. The Morgan fingerprint density at radius 3 is 2.71 bits per heavy atom. The van der Waals surface area contributed by atoms with Gasteiger partial charge in [0.05, 0.1) is 18.8 Å². The van der Waals surface area contributed by atoms with Gasteiger partial charge in [-0.1, -0.05) is 5.16 Å². The lowest BCUT2D eigenvalue weighted by atomic mass is 9.95. The van der Waals surface area contributed by atoms with E-state index in [1.165, 1.54) is 0 Å². The zero-order valence-corrected chi connectivity index (χ0v) is 14.6. The molecule has 7 nitrogen and oxygen atoms in total. The minimum absolute atomic E-state index is 0.185. The van der Waals surface area contributed by atoms with Crippen LogP contribution in [0.5, 0.6) is 0 Å². The highest BCUT2D eigenvalue weighted by Crippen LogP contribution is 2.35. The molecule has 0 N–H and O–H groups in total. The van der Waals surface area contributed by atoms with Crippen molar-refractivity contribution in [1.29, 1.82) is 0 Å². The van der Waals surface area contributed by atoms with Gasteiger partial charge < -0.3 is 18.7 Å². The minimum Gasteiger partial charge on any atom is -0.381 e. The largest absolute Gasteiger partial charge is 0.381 e.